The van der Waals surface area contributed by atoms with Gasteiger partial charge in [0.15, 0.2) is 0 Å². The number of hydrogen-bond acceptors (Lipinski definition) is 2. The highest BCUT2D eigenvalue weighted by molar-refractivity contribution is 6.22. The Balaban J connectivity index is 1.97. The lowest BCUT2D eigenvalue weighted by Crippen LogP contribution is -2.37. The molecule has 0 amide bonds. The molecule has 1 fully saturated rings. The van der Waals surface area contributed by atoms with Crippen LogP contribution >= 0.6 is 11.6 Å². The molecule has 0 N–H and O–H groups in total. The minimum absolute atomic E-state index is 0.253. The Morgan fingerprint density at radius 2 is 2.17 bits per heavy atom. The van der Waals surface area contributed by atoms with E-state index in [0.29, 0.717) is 0 Å². The normalized spacial score (nSPS) is 30.6. The zero-order valence-electron chi connectivity index (χ0n) is 7.13. The molecule has 0 bridgehead atoms. The Hall–Kier alpha value is -0.210. The second-order valence-corrected chi connectivity index (χ2v) is 3.80. The van der Waals surface area contributed by atoms with Gasteiger partial charge in [-0.1, -0.05) is 6.08 Å². The van der Waals surface area contributed by atoms with Crippen LogP contribution in [0, 0.1) is 0 Å². The van der Waals surface area contributed by atoms with Gasteiger partial charge in [-0.25, -0.2) is 0 Å². The van der Waals surface area contributed by atoms with Crippen molar-refractivity contribution in [2.75, 3.05) is 26.3 Å². The smallest absolute Gasteiger partial charge is 0.0733 e. The van der Waals surface area contributed by atoms with Gasteiger partial charge in [0.25, 0.3) is 0 Å². The van der Waals surface area contributed by atoms with Crippen molar-refractivity contribution in [2.24, 2.45) is 0 Å². The standard InChI is InChI=1S/C9H14ClNO/c10-8-2-1-3-9(8)11-4-6-12-7-5-11/h3,8H,1-2,4-7H2. The highest BCUT2D eigenvalue weighted by atomic mass is 35.5. The van der Waals surface area contributed by atoms with Crippen molar-refractivity contribution in [1.82, 2.24) is 4.90 Å². The largest absolute Gasteiger partial charge is 0.378 e. The van der Waals surface area contributed by atoms with Crippen LogP contribution in [0.1, 0.15) is 12.8 Å². The molecule has 68 valence electrons. The number of halogens is 1. The summed E-state index contributed by atoms with van der Waals surface area (Å²) in [4.78, 5) is 2.36. The van der Waals surface area contributed by atoms with Crippen LogP contribution in [0.25, 0.3) is 0 Å². The third-order valence-corrected chi connectivity index (χ3v) is 2.91. The molecule has 1 aliphatic heterocycles. The molecule has 1 unspecified atom stereocenters. The highest BCUT2D eigenvalue weighted by Crippen LogP contribution is 2.27. The van der Waals surface area contributed by atoms with Crippen LogP contribution in [0.3, 0.4) is 0 Å². The topological polar surface area (TPSA) is 12.5 Å². The van der Waals surface area contributed by atoms with Gasteiger partial charge in [0.1, 0.15) is 0 Å². The molecule has 12 heavy (non-hydrogen) atoms. The van der Waals surface area contributed by atoms with Crippen LogP contribution in [0.2, 0.25) is 0 Å². The fourth-order valence-electron chi connectivity index (χ4n) is 1.80. The number of allylic oxidation sites excluding steroid dienone is 2. The molecule has 0 radical (unpaired) electrons. The van der Waals surface area contributed by atoms with Crippen molar-refractivity contribution in [3.63, 3.8) is 0 Å². The summed E-state index contributed by atoms with van der Waals surface area (Å²) in [5.74, 6) is 0. The van der Waals surface area contributed by atoms with Crippen LogP contribution < -0.4 is 0 Å². The molecule has 2 rings (SSSR count). The van der Waals surface area contributed by atoms with E-state index in [2.05, 4.69) is 11.0 Å². The van der Waals surface area contributed by atoms with Gasteiger partial charge in [-0.3, -0.25) is 0 Å². The summed E-state index contributed by atoms with van der Waals surface area (Å²) in [5, 5.41) is 0.253. The van der Waals surface area contributed by atoms with E-state index in [0.717, 1.165) is 39.1 Å². The molecule has 1 heterocycles. The highest BCUT2D eigenvalue weighted by Gasteiger charge is 2.23. The molecule has 2 aliphatic rings. The summed E-state index contributed by atoms with van der Waals surface area (Å²) >= 11 is 6.16. The predicted molar refractivity (Wildman–Crippen MR) is 49.4 cm³/mol. The molecular formula is C9H14ClNO. The van der Waals surface area contributed by atoms with Gasteiger partial charge in [-0.15, -0.1) is 11.6 Å². The first-order chi connectivity index (χ1) is 5.88. The second kappa shape index (κ2) is 3.67. The first-order valence-corrected chi connectivity index (χ1v) is 4.98. The molecule has 0 aromatic heterocycles. The van der Waals surface area contributed by atoms with Crippen LogP contribution in [0.4, 0.5) is 0 Å². The van der Waals surface area contributed by atoms with Crippen molar-refractivity contribution in [3.05, 3.63) is 11.8 Å². The van der Waals surface area contributed by atoms with E-state index in [4.69, 9.17) is 16.3 Å². The van der Waals surface area contributed by atoms with Crippen molar-refractivity contribution >= 4 is 11.6 Å². The van der Waals surface area contributed by atoms with Crippen LogP contribution in [-0.2, 0) is 4.74 Å². The summed E-state index contributed by atoms with van der Waals surface area (Å²) in [6.07, 6.45) is 4.51. The molecule has 0 saturated carbocycles. The summed E-state index contributed by atoms with van der Waals surface area (Å²) in [6, 6.07) is 0. The molecular weight excluding hydrogens is 174 g/mol. The molecule has 0 aromatic carbocycles. The van der Waals surface area contributed by atoms with Gasteiger partial charge in [0.2, 0.25) is 0 Å². The number of hydrogen-bond donors (Lipinski definition) is 0. The predicted octanol–water partition coefficient (Wildman–Crippen LogP) is 1.60. The quantitative estimate of drug-likeness (QED) is 0.579. The van der Waals surface area contributed by atoms with Crippen LogP contribution in [-0.4, -0.2) is 36.6 Å². The van der Waals surface area contributed by atoms with Crippen molar-refractivity contribution in [2.45, 2.75) is 18.2 Å². The summed E-state index contributed by atoms with van der Waals surface area (Å²) in [5.41, 5.74) is 1.33. The van der Waals surface area contributed by atoms with Gasteiger partial charge >= 0.3 is 0 Å². The Labute approximate surface area is 78.1 Å². The Kier molecular flexibility index (Phi) is 2.57. The van der Waals surface area contributed by atoms with Crippen molar-refractivity contribution in [1.29, 1.82) is 0 Å². The monoisotopic (exact) mass is 187 g/mol. The maximum atomic E-state index is 6.16. The molecule has 1 aliphatic carbocycles. The van der Waals surface area contributed by atoms with E-state index >= 15 is 0 Å². The van der Waals surface area contributed by atoms with E-state index in [1.165, 1.54) is 5.70 Å². The summed E-state index contributed by atoms with van der Waals surface area (Å²) in [7, 11) is 0. The first-order valence-electron chi connectivity index (χ1n) is 4.55. The zero-order chi connectivity index (χ0) is 8.39. The Morgan fingerprint density at radius 1 is 1.42 bits per heavy atom. The number of nitrogens with zero attached hydrogens (tertiary/aromatic N) is 1. The van der Waals surface area contributed by atoms with E-state index in [1.54, 1.807) is 0 Å². The minimum Gasteiger partial charge on any atom is -0.378 e. The van der Waals surface area contributed by atoms with Gasteiger partial charge in [-0.05, 0) is 12.8 Å². The molecule has 1 atom stereocenters. The molecule has 1 saturated heterocycles. The lowest BCUT2D eigenvalue weighted by Gasteiger charge is -2.31. The van der Waals surface area contributed by atoms with Crippen molar-refractivity contribution in [3.8, 4) is 0 Å². The SMILES string of the molecule is ClC1CCC=C1N1CCOCC1. The minimum atomic E-state index is 0.253. The number of alkyl halides is 1. The van der Waals surface area contributed by atoms with Crippen LogP contribution in [0.15, 0.2) is 11.8 Å². The molecule has 3 heteroatoms. The lowest BCUT2D eigenvalue weighted by atomic mass is 10.3. The maximum Gasteiger partial charge on any atom is 0.0733 e. The van der Waals surface area contributed by atoms with E-state index in [-0.39, 0.29) is 5.38 Å². The fraction of sp³-hybridized carbons (Fsp3) is 0.778. The van der Waals surface area contributed by atoms with Gasteiger partial charge in [0, 0.05) is 18.8 Å². The molecule has 2 nitrogen and oxygen atoms in total. The summed E-state index contributed by atoms with van der Waals surface area (Å²) in [6.45, 7) is 3.71. The maximum absolute atomic E-state index is 6.16. The first kappa shape index (κ1) is 8.39. The summed E-state index contributed by atoms with van der Waals surface area (Å²) < 4.78 is 5.28. The molecule has 0 spiro atoms. The van der Waals surface area contributed by atoms with E-state index in [1.807, 2.05) is 0 Å². The number of morpholine rings is 1. The number of ether oxygens (including phenoxy) is 1. The van der Waals surface area contributed by atoms with Crippen molar-refractivity contribution < 1.29 is 4.74 Å². The Morgan fingerprint density at radius 3 is 2.75 bits per heavy atom. The lowest BCUT2D eigenvalue weighted by molar-refractivity contribution is 0.0528. The second-order valence-electron chi connectivity index (χ2n) is 3.27. The van der Waals surface area contributed by atoms with Gasteiger partial charge in [0.05, 0.1) is 18.6 Å². The van der Waals surface area contributed by atoms with Crippen LogP contribution in [0.5, 0.6) is 0 Å². The van der Waals surface area contributed by atoms with E-state index in [9.17, 15) is 0 Å². The van der Waals surface area contributed by atoms with E-state index < -0.39 is 0 Å². The zero-order valence-corrected chi connectivity index (χ0v) is 7.89. The van der Waals surface area contributed by atoms with Gasteiger partial charge < -0.3 is 9.64 Å². The third kappa shape index (κ3) is 1.59. The average Bonchev–Trinajstić information content (AvgIpc) is 2.53. The Bertz CT molecular complexity index is 187. The number of rotatable bonds is 1. The third-order valence-electron chi connectivity index (χ3n) is 2.47. The molecule has 0 aromatic rings. The fourth-order valence-corrected chi connectivity index (χ4v) is 2.16. The average molecular weight is 188 g/mol. The van der Waals surface area contributed by atoms with Gasteiger partial charge in [-0.2, -0.15) is 0 Å².